The van der Waals surface area contributed by atoms with Crippen LogP contribution in [-0.2, 0) is 11.2 Å². The van der Waals surface area contributed by atoms with Crippen LogP contribution < -0.4 is 0 Å². The summed E-state index contributed by atoms with van der Waals surface area (Å²) in [6.07, 6.45) is 2.60. The fourth-order valence-electron chi connectivity index (χ4n) is 2.81. The molecule has 2 atom stereocenters. The van der Waals surface area contributed by atoms with E-state index in [9.17, 15) is 5.11 Å². The second kappa shape index (κ2) is 4.04. The summed E-state index contributed by atoms with van der Waals surface area (Å²) in [5.41, 5.74) is 1.30. The number of rotatable bonds is 1. The van der Waals surface area contributed by atoms with Gasteiger partial charge in [0.05, 0.1) is 28.3 Å². The molecule has 1 aromatic rings. The predicted octanol–water partition coefficient (Wildman–Crippen LogP) is 2.65. The van der Waals surface area contributed by atoms with Crippen LogP contribution >= 0.6 is 11.3 Å². The molecule has 1 saturated heterocycles. The van der Waals surface area contributed by atoms with Crippen LogP contribution in [-0.4, -0.2) is 23.3 Å². The van der Waals surface area contributed by atoms with Crippen LogP contribution in [0.15, 0.2) is 0 Å². The summed E-state index contributed by atoms with van der Waals surface area (Å²) in [5.74, 6) is 0.459. The van der Waals surface area contributed by atoms with E-state index in [-0.39, 0.29) is 11.5 Å². The molecular formula is C13H19NO2S. The first-order valence-corrected chi connectivity index (χ1v) is 7.12. The molecule has 2 unspecified atom stereocenters. The molecular weight excluding hydrogens is 234 g/mol. The van der Waals surface area contributed by atoms with Crippen LogP contribution in [0.2, 0.25) is 0 Å². The number of nitrogens with zero attached hydrogens (tertiary/aromatic N) is 1. The molecule has 0 bridgehead atoms. The number of ether oxygens (including phenoxy) is 1. The zero-order chi connectivity index (χ0) is 12.0. The van der Waals surface area contributed by atoms with Gasteiger partial charge in [-0.3, -0.25) is 0 Å². The number of aromatic nitrogens is 1. The summed E-state index contributed by atoms with van der Waals surface area (Å²) in [6, 6.07) is 0. The van der Waals surface area contributed by atoms with Crippen molar-refractivity contribution in [1.82, 2.24) is 4.98 Å². The zero-order valence-corrected chi connectivity index (χ0v) is 11.2. The Labute approximate surface area is 106 Å². The Kier molecular flexibility index (Phi) is 2.76. The molecule has 0 amide bonds. The van der Waals surface area contributed by atoms with E-state index in [1.54, 1.807) is 11.3 Å². The van der Waals surface area contributed by atoms with Crippen LogP contribution in [0.1, 0.15) is 54.3 Å². The average molecular weight is 253 g/mol. The minimum Gasteiger partial charge on any atom is -0.387 e. The van der Waals surface area contributed by atoms with Gasteiger partial charge in [0, 0.05) is 12.5 Å². The largest absolute Gasteiger partial charge is 0.387 e. The first kappa shape index (κ1) is 11.6. The van der Waals surface area contributed by atoms with Crippen LogP contribution in [0.5, 0.6) is 0 Å². The van der Waals surface area contributed by atoms with Crippen molar-refractivity contribution in [3.05, 3.63) is 15.6 Å². The van der Waals surface area contributed by atoms with E-state index in [1.165, 1.54) is 5.01 Å². The van der Waals surface area contributed by atoms with Crippen molar-refractivity contribution < 1.29 is 9.84 Å². The third kappa shape index (κ3) is 2.14. The van der Waals surface area contributed by atoms with Crippen LogP contribution in [0.25, 0.3) is 0 Å². The van der Waals surface area contributed by atoms with Gasteiger partial charge in [0.2, 0.25) is 0 Å². The molecule has 1 aliphatic carbocycles. The molecule has 94 valence electrons. The molecule has 17 heavy (non-hydrogen) atoms. The van der Waals surface area contributed by atoms with Crippen molar-refractivity contribution >= 4 is 11.3 Å². The van der Waals surface area contributed by atoms with Crippen molar-refractivity contribution in [3.63, 3.8) is 0 Å². The molecule has 4 heteroatoms. The second-order valence-corrected chi connectivity index (χ2v) is 7.05. The van der Waals surface area contributed by atoms with Gasteiger partial charge in [0.25, 0.3) is 0 Å². The van der Waals surface area contributed by atoms with E-state index < -0.39 is 0 Å². The van der Waals surface area contributed by atoms with Gasteiger partial charge in [-0.05, 0) is 24.7 Å². The molecule has 1 N–H and O–H groups in total. The van der Waals surface area contributed by atoms with Crippen molar-refractivity contribution in [2.45, 2.75) is 45.1 Å². The van der Waals surface area contributed by atoms with Crippen LogP contribution in [0.4, 0.5) is 0 Å². The third-order valence-electron chi connectivity index (χ3n) is 3.72. The average Bonchev–Trinajstić information content (AvgIpc) is 2.81. The van der Waals surface area contributed by atoms with Gasteiger partial charge in [0.15, 0.2) is 0 Å². The van der Waals surface area contributed by atoms with Crippen molar-refractivity contribution in [2.75, 3.05) is 13.2 Å². The summed E-state index contributed by atoms with van der Waals surface area (Å²) in [7, 11) is 0. The van der Waals surface area contributed by atoms with Crippen LogP contribution in [0.3, 0.4) is 0 Å². The first-order chi connectivity index (χ1) is 8.05. The Balaban J connectivity index is 1.91. The van der Waals surface area contributed by atoms with Crippen LogP contribution in [0, 0.1) is 5.41 Å². The smallest absolute Gasteiger partial charge is 0.0986 e. The lowest BCUT2D eigenvalue weighted by atomic mass is 9.77. The lowest BCUT2D eigenvalue weighted by Gasteiger charge is -2.31. The molecule has 0 aromatic carbocycles. The highest BCUT2D eigenvalue weighted by Gasteiger charge is 2.35. The van der Waals surface area contributed by atoms with Gasteiger partial charge in [-0.25, -0.2) is 4.98 Å². The van der Waals surface area contributed by atoms with Gasteiger partial charge in [-0.15, -0.1) is 11.3 Å². The fourth-order valence-corrected chi connectivity index (χ4v) is 4.00. The van der Waals surface area contributed by atoms with E-state index >= 15 is 0 Å². The Morgan fingerprint density at radius 2 is 2.29 bits per heavy atom. The number of hydrogen-bond donors (Lipinski definition) is 1. The first-order valence-electron chi connectivity index (χ1n) is 6.30. The van der Waals surface area contributed by atoms with E-state index in [4.69, 9.17) is 9.72 Å². The monoisotopic (exact) mass is 253 g/mol. The normalized spacial score (nSPS) is 31.5. The zero-order valence-electron chi connectivity index (χ0n) is 10.4. The summed E-state index contributed by atoms with van der Waals surface area (Å²) in [5, 5.41) is 11.4. The quantitative estimate of drug-likeness (QED) is 0.836. The Morgan fingerprint density at radius 1 is 1.47 bits per heavy atom. The molecule has 2 heterocycles. The van der Waals surface area contributed by atoms with E-state index in [2.05, 4.69) is 13.8 Å². The molecule has 0 spiro atoms. The van der Waals surface area contributed by atoms with Gasteiger partial charge in [-0.2, -0.15) is 0 Å². The second-order valence-electron chi connectivity index (χ2n) is 5.98. The number of aliphatic hydroxyl groups is 1. The SMILES string of the molecule is CC1(C)Cc2nc(C3CCOC3)sc2C(O)C1. The van der Waals surface area contributed by atoms with E-state index in [0.29, 0.717) is 5.92 Å². The van der Waals surface area contributed by atoms with Gasteiger partial charge < -0.3 is 9.84 Å². The molecule has 0 saturated carbocycles. The Bertz CT molecular complexity index is 421. The highest BCUT2D eigenvalue weighted by atomic mass is 32.1. The highest BCUT2D eigenvalue weighted by molar-refractivity contribution is 7.11. The predicted molar refractivity (Wildman–Crippen MR) is 67.4 cm³/mol. The van der Waals surface area contributed by atoms with E-state index in [1.807, 2.05) is 0 Å². The lowest BCUT2D eigenvalue weighted by molar-refractivity contribution is 0.102. The minimum atomic E-state index is -0.317. The maximum atomic E-state index is 10.2. The van der Waals surface area contributed by atoms with Crippen molar-refractivity contribution in [1.29, 1.82) is 0 Å². The van der Waals surface area contributed by atoms with Gasteiger partial charge in [0.1, 0.15) is 0 Å². The molecule has 0 radical (unpaired) electrons. The maximum Gasteiger partial charge on any atom is 0.0986 e. The van der Waals surface area contributed by atoms with Crippen molar-refractivity contribution in [2.24, 2.45) is 5.41 Å². The maximum absolute atomic E-state index is 10.2. The number of hydrogen-bond acceptors (Lipinski definition) is 4. The van der Waals surface area contributed by atoms with Gasteiger partial charge in [-0.1, -0.05) is 13.8 Å². The molecule has 1 aromatic heterocycles. The summed E-state index contributed by atoms with van der Waals surface area (Å²) in [4.78, 5) is 5.86. The van der Waals surface area contributed by atoms with E-state index in [0.717, 1.165) is 43.0 Å². The highest BCUT2D eigenvalue weighted by Crippen LogP contribution is 2.44. The van der Waals surface area contributed by atoms with Gasteiger partial charge >= 0.3 is 0 Å². The Morgan fingerprint density at radius 3 is 3.00 bits per heavy atom. The summed E-state index contributed by atoms with van der Waals surface area (Å²) < 4.78 is 5.42. The Hall–Kier alpha value is -0.450. The van der Waals surface area contributed by atoms with Crippen molar-refractivity contribution in [3.8, 4) is 0 Å². The third-order valence-corrected chi connectivity index (χ3v) is 5.08. The minimum absolute atomic E-state index is 0.171. The number of aliphatic hydroxyl groups excluding tert-OH is 1. The molecule has 1 aliphatic heterocycles. The fraction of sp³-hybridized carbons (Fsp3) is 0.769. The molecule has 1 fully saturated rings. The topological polar surface area (TPSA) is 42.4 Å². The summed E-state index contributed by atoms with van der Waals surface area (Å²) in [6.45, 7) is 6.06. The molecule has 3 rings (SSSR count). The molecule has 2 aliphatic rings. The number of fused-ring (bicyclic) bond motifs is 1. The standard InChI is InChI=1S/C13H19NO2S/c1-13(2)5-9-11(10(15)6-13)17-12(14-9)8-3-4-16-7-8/h8,10,15H,3-7H2,1-2H3. The number of thiazole rings is 1. The molecule has 3 nitrogen and oxygen atoms in total. The summed E-state index contributed by atoms with van der Waals surface area (Å²) >= 11 is 1.70. The lowest BCUT2D eigenvalue weighted by Crippen LogP contribution is -2.24.